The average molecular weight is 200 g/mol. The minimum atomic E-state index is 0.225. The largest absolute Gasteiger partial charge is 0.300 e. The summed E-state index contributed by atoms with van der Waals surface area (Å²) < 4.78 is 0. The fraction of sp³-hybridized carbons (Fsp3) is 0.357. The van der Waals surface area contributed by atoms with E-state index in [0.29, 0.717) is 6.42 Å². The second kappa shape index (κ2) is 4.43. The maximum atomic E-state index is 10.9. The van der Waals surface area contributed by atoms with Gasteiger partial charge < -0.3 is 0 Å². The lowest BCUT2D eigenvalue weighted by atomic mass is 10.1. The second-order valence-electron chi connectivity index (χ2n) is 4.26. The van der Waals surface area contributed by atoms with E-state index >= 15 is 0 Å². The molecule has 1 heteroatoms. The highest BCUT2D eigenvalue weighted by atomic mass is 16.1. The molecule has 15 heavy (non-hydrogen) atoms. The molecule has 0 amide bonds. The molecule has 0 heterocycles. The molecule has 1 aliphatic carbocycles. The standard InChI is InChI=1S/C14H16O/c1-11(15)10-14-8-6-13(7-9-14)5-4-12-2-3-12/h4,6-9H,2-3,5,10H2,1H3. The van der Waals surface area contributed by atoms with Crippen molar-refractivity contribution in [2.45, 2.75) is 32.6 Å². The minimum absolute atomic E-state index is 0.225. The van der Waals surface area contributed by atoms with E-state index in [0.717, 1.165) is 12.0 Å². The highest BCUT2D eigenvalue weighted by Crippen LogP contribution is 2.27. The number of hydrogen-bond acceptors (Lipinski definition) is 1. The van der Waals surface area contributed by atoms with Crippen molar-refractivity contribution in [2.24, 2.45) is 0 Å². The molecule has 0 aliphatic heterocycles. The molecular formula is C14H16O. The van der Waals surface area contributed by atoms with Gasteiger partial charge in [-0.3, -0.25) is 4.79 Å². The highest BCUT2D eigenvalue weighted by Gasteiger charge is 2.09. The maximum Gasteiger partial charge on any atom is 0.134 e. The lowest BCUT2D eigenvalue weighted by Gasteiger charge is -2.00. The van der Waals surface area contributed by atoms with Crippen LogP contribution in [0.1, 0.15) is 30.9 Å². The smallest absolute Gasteiger partial charge is 0.134 e. The Bertz CT molecular complexity index is 378. The molecule has 1 saturated carbocycles. The number of benzene rings is 1. The lowest BCUT2D eigenvalue weighted by molar-refractivity contribution is -0.116. The second-order valence-corrected chi connectivity index (χ2v) is 4.26. The van der Waals surface area contributed by atoms with E-state index in [9.17, 15) is 4.79 Å². The van der Waals surface area contributed by atoms with Gasteiger partial charge in [0.2, 0.25) is 0 Å². The van der Waals surface area contributed by atoms with Crippen molar-refractivity contribution in [3.63, 3.8) is 0 Å². The van der Waals surface area contributed by atoms with Crippen LogP contribution in [0.25, 0.3) is 0 Å². The Hall–Kier alpha value is -1.37. The molecule has 1 nitrogen and oxygen atoms in total. The molecule has 78 valence electrons. The van der Waals surface area contributed by atoms with Gasteiger partial charge in [0.15, 0.2) is 0 Å². The van der Waals surface area contributed by atoms with Crippen LogP contribution < -0.4 is 0 Å². The molecular weight excluding hydrogens is 184 g/mol. The van der Waals surface area contributed by atoms with E-state index in [1.807, 2.05) is 0 Å². The van der Waals surface area contributed by atoms with Crippen LogP contribution in [0, 0.1) is 0 Å². The van der Waals surface area contributed by atoms with E-state index < -0.39 is 0 Å². The van der Waals surface area contributed by atoms with Crippen LogP contribution in [0.5, 0.6) is 0 Å². The van der Waals surface area contributed by atoms with Crippen molar-refractivity contribution in [3.05, 3.63) is 47.0 Å². The molecule has 1 fully saturated rings. The molecule has 0 N–H and O–H groups in total. The van der Waals surface area contributed by atoms with Crippen molar-refractivity contribution >= 4 is 5.78 Å². The zero-order valence-electron chi connectivity index (χ0n) is 9.12. The number of ketones is 1. The molecule has 0 radical (unpaired) electrons. The van der Waals surface area contributed by atoms with Gasteiger partial charge in [-0.05, 0) is 37.3 Å². The summed E-state index contributed by atoms with van der Waals surface area (Å²) in [4.78, 5) is 10.9. The Morgan fingerprint density at radius 2 is 1.80 bits per heavy atom. The van der Waals surface area contributed by atoms with Gasteiger partial charge in [0.25, 0.3) is 0 Å². The first-order chi connectivity index (χ1) is 7.24. The van der Waals surface area contributed by atoms with Gasteiger partial charge in [-0.1, -0.05) is 35.9 Å². The summed E-state index contributed by atoms with van der Waals surface area (Å²) in [6.07, 6.45) is 6.50. The van der Waals surface area contributed by atoms with Gasteiger partial charge in [-0.2, -0.15) is 0 Å². The summed E-state index contributed by atoms with van der Waals surface area (Å²) in [7, 11) is 0. The first kappa shape index (κ1) is 10.2. The molecule has 1 aliphatic rings. The van der Waals surface area contributed by atoms with E-state index in [1.165, 1.54) is 18.4 Å². The average Bonchev–Trinajstić information content (AvgIpc) is 2.99. The molecule has 0 spiro atoms. The Morgan fingerprint density at radius 1 is 1.20 bits per heavy atom. The molecule has 2 rings (SSSR count). The monoisotopic (exact) mass is 200 g/mol. The van der Waals surface area contributed by atoms with Gasteiger partial charge in [-0.15, -0.1) is 0 Å². The van der Waals surface area contributed by atoms with Crippen LogP contribution in [0.3, 0.4) is 0 Å². The van der Waals surface area contributed by atoms with Gasteiger partial charge in [-0.25, -0.2) is 0 Å². The van der Waals surface area contributed by atoms with Crippen molar-refractivity contribution in [1.82, 2.24) is 0 Å². The van der Waals surface area contributed by atoms with Gasteiger partial charge in [0.1, 0.15) is 5.78 Å². The summed E-state index contributed by atoms with van der Waals surface area (Å²) in [5.74, 6) is 0.225. The summed E-state index contributed by atoms with van der Waals surface area (Å²) in [6.45, 7) is 1.63. The highest BCUT2D eigenvalue weighted by molar-refractivity contribution is 5.78. The Labute approximate surface area is 90.8 Å². The summed E-state index contributed by atoms with van der Waals surface area (Å²) in [6, 6.07) is 8.36. The minimum Gasteiger partial charge on any atom is -0.300 e. The Morgan fingerprint density at radius 3 is 2.33 bits per heavy atom. The number of carbonyl (C=O) groups is 1. The first-order valence-electron chi connectivity index (χ1n) is 5.49. The molecule has 0 saturated heterocycles. The number of Topliss-reactive ketones (excluding diaryl/α,β-unsaturated/α-hetero) is 1. The molecule has 0 unspecified atom stereocenters. The molecule has 1 aromatic carbocycles. The van der Waals surface area contributed by atoms with E-state index in [-0.39, 0.29) is 5.78 Å². The Balaban J connectivity index is 1.96. The number of rotatable bonds is 4. The van der Waals surface area contributed by atoms with E-state index in [1.54, 1.807) is 12.5 Å². The lowest BCUT2D eigenvalue weighted by Crippen LogP contribution is -1.95. The predicted octanol–water partition coefficient (Wildman–Crippen LogP) is 3.08. The van der Waals surface area contributed by atoms with Gasteiger partial charge >= 0.3 is 0 Å². The third-order valence-corrected chi connectivity index (χ3v) is 2.64. The topological polar surface area (TPSA) is 17.1 Å². The SMILES string of the molecule is CC(=O)Cc1ccc(CC=C2CC2)cc1. The summed E-state index contributed by atoms with van der Waals surface area (Å²) in [5, 5.41) is 0. The zero-order chi connectivity index (χ0) is 10.7. The zero-order valence-corrected chi connectivity index (χ0v) is 9.12. The van der Waals surface area contributed by atoms with E-state index in [4.69, 9.17) is 0 Å². The van der Waals surface area contributed by atoms with Crippen molar-refractivity contribution in [3.8, 4) is 0 Å². The number of carbonyl (C=O) groups excluding carboxylic acids is 1. The summed E-state index contributed by atoms with van der Waals surface area (Å²) >= 11 is 0. The van der Waals surface area contributed by atoms with Crippen molar-refractivity contribution in [2.75, 3.05) is 0 Å². The third-order valence-electron chi connectivity index (χ3n) is 2.64. The normalized spacial score (nSPS) is 13.8. The van der Waals surface area contributed by atoms with Crippen LogP contribution >= 0.6 is 0 Å². The van der Waals surface area contributed by atoms with Gasteiger partial charge in [0.05, 0.1) is 0 Å². The van der Waals surface area contributed by atoms with Crippen LogP contribution in [0.2, 0.25) is 0 Å². The fourth-order valence-corrected chi connectivity index (χ4v) is 1.62. The van der Waals surface area contributed by atoms with Crippen molar-refractivity contribution < 1.29 is 4.79 Å². The quantitative estimate of drug-likeness (QED) is 0.683. The fourth-order valence-electron chi connectivity index (χ4n) is 1.62. The van der Waals surface area contributed by atoms with E-state index in [2.05, 4.69) is 30.3 Å². The Kier molecular flexibility index (Phi) is 3.00. The van der Waals surface area contributed by atoms with Crippen molar-refractivity contribution in [1.29, 1.82) is 0 Å². The number of allylic oxidation sites excluding steroid dienone is 2. The molecule has 0 bridgehead atoms. The molecule has 0 atom stereocenters. The maximum absolute atomic E-state index is 10.9. The third kappa shape index (κ3) is 3.35. The first-order valence-corrected chi connectivity index (χ1v) is 5.49. The summed E-state index contributed by atoms with van der Waals surface area (Å²) in [5.41, 5.74) is 4.04. The van der Waals surface area contributed by atoms with Crippen LogP contribution in [0.4, 0.5) is 0 Å². The van der Waals surface area contributed by atoms with Gasteiger partial charge in [0, 0.05) is 6.42 Å². The predicted molar refractivity (Wildman–Crippen MR) is 61.8 cm³/mol. The number of hydrogen-bond donors (Lipinski definition) is 0. The van der Waals surface area contributed by atoms with Crippen LogP contribution in [0.15, 0.2) is 35.9 Å². The van der Waals surface area contributed by atoms with Crippen LogP contribution in [-0.4, -0.2) is 5.78 Å². The molecule has 0 aromatic heterocycles. The van der Waals surface area contributed by atoms with Crippen LogP contribution in [-0.2, 0) is 17.6 Å². The molecule has 1 aromatic rings.